The molecule has 2 aliphatic carbocycles. The fourth-order valence-electron chi connectivity index (χ4n) is 2.70. The Morgan fingerprint density at radius 1 is 1.12 bits per heavy atom. The third-order valence-electron chi connectivity index (χ3n) is 3.88. The Morgan fingerprint density at radius 3 is 2.71 bits per heavy atom. The van der Waals surface area contributed by atoms with Crippen molar-refractivity contribution in [3.05, 3.63) is 17.1 Å². The van der Waals surface area contributed by atoms with Gasteiger partial charge in [-0.3, -0.25) is 0 Å². The van der Waals surface area contributed by atoms with E-state index in [0.29, 0.717) is 0 Å². The van der Waals surface area contributed by atoms with Crippen molar-refractivity contribution < 1.29 is 0 Å². The van der Waals surface area contributed by atoms with Crippen LogP contribution in [0, 0.1) is 5.92 Å². The minimum atomic E-state index is 0.864. The van der Waals surface area contributed by atoms with Crippen LogP contribution in [0.2, 0.25) is 0 Å². The first kappa shape index (κ1) is 11.0. The Bertz CT molecular complexity index is 410. The summed E-state index contributed by atoms with van der Waals surface area (Å²) in [4.78, 5) is 9.52. The van der Waals surface area contributed by atoms with Gasteiger partial charge in [-0.2, -0.15) is 0 Å². The Hall–Kier alpha value is -1.12. The summed E-state index contributed by atoms with van der Waals surface area (Å²) in [6.45, 7) is 0. The van der Waals surface area contributed by atoms with E-state index < -0.39 is 0 Å². The van der Waals surface area contributed by atoms with E-state index in [1.54, 1.807) is 0 Å². The molecule has 0 aliphatic heterocycles. The summed E-state index contributed by atoms with van der Waals surface area (Å²) in [6.07, 6.45) is 10.0. The van der Waals surface area contributed by atoms with Crippen LogP contribution >= 0.6 is 0 Å². The Labute approximate surface area is 103 Å². The third-order valence-corrected chi connectivity index (χ3v) is 3.88. The summed E-state index contributed by atoms with van der Waals surface area (Å²) in [5.41, 5.74) is 2.70. The average molecular weight is 231 g/mol. The normalized spacial score (nSPS) is 19.6. The molecule has 0 spiro atoms. The van der Waals surface area contributed by atoms with E-state index in [1.165, 1.54) is 43.4 Å². The number of aryl methyl sites for hydroxylation is 1. The van der Waals surface area contributed by atoms with Crippen molar-refractivity contribution in [2.24, 2.45) is 5.92 Å². The highest BCUT2D eigenvalue weighted by molar-refractivity contribution is 5.47. The molecule has 17 heavy (non-hydrogen) atoms. The molecular weight excluding hydrogens is 210 g/mol. The molecule has 0 radical (unpaired) electrons. The van der Waals surface area contributed by atoms with Crippen LogP contribution in [0.3, 0.4) is 0 Å². The van der Waals surface area contributed by atoms with Crippen molar-refractivity contribution in [1.82, 2.24) is 9.97 Å². The van der Waals surface area contributed by atoms with Crippen LogP contribution in [0.1, 0.15) is 49.2 Å². The lowest BCUT2D eigenvalue weighted by Gasteiger charge is -2.12. The van der Waals surface area contributed by atoms with Crippen LogP contribution in [-0.2, 0) is 19.3 Å². The van der Waals surface area contributed by atoms with Gasteiger partial charge in [0.2, 0.25) is 0 Å². The molecule has 1 aromatic rings. The predicted octanol–water partition coefficient (Wildman–Crippen LogP) is 2.74. The zero-order chi connectivity index (χ0) is 11.7. The lowest BCUT2D eigenvalue weighted by Crippen LogP contribution is -2.09. The molecule has 2 aliphatic rings. The molecule has 0 unspecified atom stereocenters. The Balaban J connectivity index is 1.93. The van der Waals surface area contributed by atoms with Crippen LogP contribution in [0.15, 0.2) is 0 Å². The van der Waals surface area contributed by atoms with Gasteiger partial charge in [0.25, 0.3) is 0 Å². The van der Waals surface area contributed by atoms with E-state index >= 15 is 0 Å². The van der Waals surface area contributed by atoms with E-state index in [9.17, 15) is 0 Å². The van der Waals surface area contributed by atoms with E-state index in [0.717, 1.165) is 36.8 Å². The summed E-state index contributed by atoms with van der Waals surface area (Å²) in [5.74, 6) is 3.02. The minimum Gasteiger partial charge on any atom is -0.373 e. The molecule has 0 atom stereocenters. The molecule has 1 heterocycles. The third kappa shape index (κ3) is 2.43. The van der Waals surface area contributed by atoms with Crippen molar-refractivity contribution in [3.63, 3.8) is 0 Å². The number of rotatable bonds is 3. The maximum Gasteiger partial charge on any atom is 0.132 e. The van der Waals surface area contributed by atoms with Crippen LogP contribution in [0.4, 0.5) is 5.82 Å². The highest BCUT2D eigenvalue weighted by Crippen LogP contribution is 2.33. The van der Waals surface area contributed by atoms with Gasteiger partial charge in [-0.1, -0.05) is 6.42 Å². The first-order valence-electron chi connectivity index (χ1n) is 6.93. The Kier molecular flexibility index (Phi) is 3.00. The minimum absolute atomic E-state index is 0.864. The van der Waals surface area contributed by atoms with Gasteiger partial charge in [0.15, 0.2) is 0 Å². The molecule has 1 aromatic heterocycles. The number of nitrogens with zero attached hydrogens (tertiary/aromatic N) is 2. The van der Waals surface area contributed by atoms with Crippen LogP contribution < -0.4 is 5.32 Å². The van der Waals surface area contributed by atoms with Gasteiger partial charge < -0.3 is 5.32 Å². The van der Waals surface area contributed by atoms with Gasteiger partial charge in [0.1, 0.15) is 11.6 Å². The number of anilines is 1. The highest BCUT2D eigenvalue weighted by Gasteiger charge is 2.24. The lowest BCUT2D eigenvalue weighted by molar-refractivity contribution is 0.706. The van der Waals surface area contributed by atoms with Gasteiger partial charge in [-0.15, -0.1) is 0 Å². The first-order valence-corrected chi connectivity index (χ1v) is 6.93. The smallest absolute Gasteiger partial charge is 0.132 e. The molecule has 1 N–H and O–H groups in total. The summed E-state index contributed by atoms with van der Waals surface area (Å²) < 4.78 is 0. The van der Waals surface area contributed by atoms with Crippen molar-refractivity contribution in [2.45, 2.75) is 51.4 Å². The highest BCUT2D eigenvalue weighted by atomic mass is 15.0. The molecular formula is C14H21N3. The van der Waals surface area contributed by atoms with Gasteiger partial charge in [-0.05, 0) is 44.4 Å². The fraction of sp³-hybridized carbons (Fsp3) is 0.714. The van der Waals surface area contributed by atoms with Gasteiger partial charge in [-0.25, -0.2) is 9.97 Å². The first-order chi connectivity index (χ1) is 8.36. The van der Waals surface area contributed by atoms with Crippen LogP contribution in [-0.4, -0.2) is 17.0 Å². The monoisotopic (exact) mass is 231 g/mol. The number of aromatic nitrogens is 2. The fourth-order valence-corrected chi connectivity index (χ4v) is 2.70. The summed E-state index contributed by atoms with van der Waals surface area (Å²) in [6, 6.07) is 0. The molecule has 0 amide bonds. The number of hydrogen-bond acceptors (Lipinski definition) is 3. The zero-order valence-corrected chi connectivity index (χ0v) is 10.6. The summed E-state index contributed by atoms with van der Waals surface area (Å²) >= 11 is 0. The second-order valence-electron chi connectivity index (χ2n) is 5.37. The number of fused-ring (bicyclic) bond motifs is 1. The van der Waals surface area contributed by atoms with E-state index in [1.807, 2.05) is 7.05 Å². The van der Waals surface area contributed by atoms with Crippen molar-refractivity contribution in [3.8, 4) is 0 Å². The van der Waals surface area contributed by atoms with E-state index in [-0.39, 0.29) is 0 Å². The van der Waals surface area contributed by atoms with Crippen molar-refractivity contribution in [1.29, 1.82) is 0 Å². The topological polar surface area (TPSA) is 37.8 Å². The van der Waals surface area contributed by atoms with Gasteiger partial charge >= 0.3 is 0 Å². The van der Waals surface area contributed by atoms with Gasteiger partial charge in [0, 0.05) is 24.7 Å². The molecule has 3 rings (SSSR count). The molecule has 3 nitrogen and oxygen atoms in total. The van der Waals surface area contributed by atoms with Crippen molar-refractivity contribution in [2.75, 3.05) is 12.4 Å². The van der Waals surface area contributed by atoms with Crippen LogP contribution in [0.5, 0.6) is 0 Å². The van der Waals surface area contributed by atoms with E-state index in [2.05, 4.69) is 5.32 Å². The predicted molar refractivity (Wildman–Crippen MR) is 69.3 cm³/mol. The van der Waals surface area contributed by atoms with Crippen molar-refractivity contribution >= 4 is 5.82 Å². The number of hydrogen-bond donors (Lipinski definition) is 1. The molecule has 0 bridgehead atoms. The largest absolute Gasteiger partial charge is 0.373 e. The molecule has 3 heteroatoms. The van der Waals surface area contributed by atoms with E-state index in [4.69, 9.17) is 9.97 Å². The molecule has 0 saturated heterocycles. The molecule has 92 valence electrons. The zero-order valence-electron chi connectivity index (χ0n) is 10.6. The molecule has 0 aromatic carbocycles. The SMILES string of the molecule is CNc1nc(CC2CC2)nc2c1CCCCC2. The second kappa shape index (κ2) is 4.63. The lowest BCUT2D eigenvalue weighted by atomic mass is 10.1. The standard InChI is InChI=1S/C14H21N3/c1-15-14-11-5-3-2-4-6-12(11)16-13(17-14)9-10-7-8-10/h10H,2-9H2,1H3,(H,15,16,17). The quantitative estimate of drug-likeness (QED) is 0.813. The molecule has 1 fully saturated rings. The number of nitrogens with one attached hydrogen (secondary N) is 1. The Morgan fingerprint density at radius 2 is 1.94 bits per heavy atom. The molecule has 1 saturated carbocycles. The van der Waals surface area contributed by atoms with Gasteiger partial charge in [0.05, 0.1) is 0 Å². The second-order valence-corrected chi connectivity index (χ2v) is 5.37. The summed E-state index contributed by atoms with van der Waals surface area (Å²) in [5, 5.41) is 3.27. The average Bonchev–Trinajstić information content (AvgIpc) is 3.14. The summed E-state index contributed by atoms with van der Waals surface area (Å²) in [7, 11) is 1.98. The van der Waals surface area contributed by atoms with Crippen LogP contribution in [0.25, 0.3) is 0 Å². The maximum absolute atomic E-state index is 4.81. The maximum atomic E-state index is 4.81.